The van der Waals surface area contributed by atoms with Crippen LogP contribution in [0.4, 0.5) is 34.1 Å². The Hall–Kier alpha value is -8.37. The van der Waals surface area contributed by atoms with Crippen LogP contribution in [0.15, 0.2) is 228 Å². The summed E-state index contributed by atoms with van der Waals surface area (Å²) in [6.07, 6.45) is 14.1. The number of fused-ring (bicyclic) bond motifs is 9. The van der Waals surface area contributed by atoms with Crippen LogP contribution in [-0.2, 0) is 21.7 Å². The van der Waals surface area contributed by atoms with Gasteiger partial charge in [0.15, 0.2) is 0 Å². The van der Waals surface area contributed by atoms with Gasteiger partial charge in [0.05, 0.1) is 0 Å². The largest absolute Gasteiger partial charge is 0.310 e. The SMILES string of the molecule is CC(C)(C)c1ccc(N(c2ccccc2)c2ccc3c(c2)C(C)(C)c2cc(C=Cc4ccc5c(c4)-c4cc(C=Cc6ccc7c(c6)C(C)(C)c6cc(N(c8ccccc8)c8ccc(C(C)(C)C)cc8)ccc6-7)ccc4S5(C)C)ccc2-3)cc1. The van der Waals surface area contributed by atoms with E-state index in [1.54, 1.807) is 0 Å². The summed E-state index contributed by atoms with van der Waals surface area (Å²) in [6, 6.07) is 82.3. The highest BCUT2D eigenvalue weighted by atomic mass is 32.3. The van der Waals surface area contributed by atoms with E-state index in [4.69, 9.17) is 0 Å². The van der Waals surface area contributed by atoms with E-state index in [0.29, 0.717) is 0 Å². The lowest BCUT2D eigenvalue weighted by molar-refractivity contribution is 0.590. The Labute approximate surface area is 495 Å². The van der Waals surface area contributed by atoms with Crippen molar-refractivity contribution in [3.05, 3.63) is 274 Å². The number of para-hydroxylation sites is 2. The van der Waals surface area contributed by atoms with Crippen LogP contribution in [0, 0.1) is 0 Å². The van der Waals surface area contributed by atoms with E-state index in [9.17, 15) is 0 Å². The molecule has 412 valence electrons. The second kappa shape index (κ2) is 19.9. The predicted octanol–water partition coefficient (Wildman–Crippen LogP) is 22.6. The molecule has 0 spiro atoms. The van der Waals surface area contributed by atoms with Gasteiger partial charge in [0, 0.05) is 54.7 Å². The summed E-state index contributed by atoms with van der Waals surface area (Å²) in [6.45, 7) is 23.2. The smallest absolute Gasteiger partial charge is 0.0465 e. The van der Waals surface area contributed by atoms with Gasteiger partial charge < -0.3 is 9.80 Å². The minimum atomic E-state index is -1.17. The summed E-state index contributed by atoms with van der Waals surface area (Å²) >= 11 is 0. The Kier molecular flexibility index (Phi) is 12.9. The first-order valence-electron chi connectivity index (χ1n) is 29.5. The van der Waals surface area contributed by atoms with E-state index in [1.807, 2.05) is 0 Å². The fourth-order valence-electron chi connectivity index (χ4n) is 13.4. The van der Waals surface area contributed by atoms with Crippen molar-refractivity contribution in [2.75, 3.05) is 22.3 Å². The van der Waals surface area contributed by atoms with Crippen molar-refractivity contribution in [2.45, 2.75) is 101 Å². The third kappa shape index (κ3) is 9.48. The van der Waals surface area contributed by atoms with Crippen molar-refractivity contribution >= 4 is 68.5 Å². The lowest BCUT2D eigenvalue weighted by atomic mass is 9.81. The molecule has 1 aliphatic heterocycles. The van der Waals surface area contributed by atoms with E-state index >= 15 is 0 Å². The number of benzene rings is 10. The van der Waals surface area contributed by atoms with Crippen molar-refractivity contribution in [3.63, 3.8) is 0 Å². The Morgan fingerprint density at radius 3 is 0.940 bits per heavy atom. The molecular weight excluding hydrogens is 1020 g/mol. The molecule has 0 amide bonds. The third-order valence-corrected chi connectivity index (χ3v) is 21.1. The summed E-state index contributed by atoms with van der Waals surface area (Å²) in [5, 5.41) is 0. The molecule has 0 N–H and O–H groups in total. The molecule has 83 heavy (non-hydrogen) atoms. The van der Waals surface area contributed by atoms with Crippen LogP contribution in [-0.4, -0.2) is 12.5 Å². The summed E-state index contributed by atoms with van der Waals surface area (Å²) < 4.78 is 0. The van der Waals surface area contributed by atoms with E-state index in [-0.39, 0.29) is 21.7 Å². The normalized spacial score (nSPS) is 15.3. The van der Waals surface area contributed by atoms with Crippen molar-refractivity contribution in [3.8, 4) is 33.4 Å². The standard InChI is InChI=1S/C80H76N2S/c1-77(2,3)57-31-35-61(36-32-57)81(59-19-15-13-16-20-59)63-39-43-67-65-41-27-55(49-71(65)79(7,8)73(67)51-63)25-23-53-29-45-75-69(47-53)70-48-54(30-46-76(70)83(75,11)12)24-26-56-28-42-66-68-44-40-64(52-74(68)80(9,10)72(66)50-56)82(60-21-17-14-18-22-60)62-37-33-58(34-38-62)78(4,5)6/h13-52H,1-12H3. The molecule has 3 aliphatic rings. The first-order valence-corrected chi connectivity index (χ1v) is 32.0. The van der Waals surface area contributed by atoms with Gasteiger partial charge in [-0.1, -0.05) is 215 Å². The molecule has 10 aromatic carbocycles. The number of nitrogens with zero attached hydrogens (tertiary/aromatic N) is 2. The highest BCUT2D eigenvalue weighted by Crippen LogP contribution is 2.67. The third-order valence-electron chi connectivity index (χ3n) is 18.2. The molecule has 3 heteroatoms. The van der Waals surface area contributed by atoms with Crippen molar-refractivity contribution in [1.29, 1.82) is 0 Å². The Morgan fingerprint density at radius 1 is 0.301 bits per heavy atom. The van der Waals surface area contributed by atoms with Gasteiger partial charge in [-0.15, -0.1) is 0 Å². The van der Waals surface area contributed by atoms with E-state index in [1.165, 1.54) is 110 Å². The lowest BCUT2D eigenvalue weighted by Gasteiger charge is -2.29. The molecule has 2 nitrogen and oxygen atoms in total. The van der Waals surface area contributed by atoms with Crippen LogP contribution in [0.1, 0.15) is 125 Å². The Bertz CT molecular complexity index is 3940. The van der Waals surface area contributed by atoms with Crippen LogP contribution >= 0.6 is 10.0 Å². The molecule has 0 saturated heterocycles. The fraction of sp³-hybridized carbons (Fsp3) is 0.200. The average molecular weight is 1100 g/mol. The van der Waals surface area contributed by atoms with Gasteiger partial charge in [-0.2, -0.15) is 10.0 Å². The predicted molar refractivity (Wildman–Crippen MR) is 360 cm³/mol. The summed E-state index contributed by atoms with van der Waals surface area (Å²) in [5.41, 5.74) is 27.7. The van der Waals surface area contributed by atoms with Gasteiger partial charge in [0.2, 0.25) is 0 Å². The zero-order valence-corrected chi connectivity index (χ0v) is 51.2. The van der Waals surface area contributed by atoms with E-state index in [2.05, 4.69) is 334 Å². The molecular formula is C80H76N2S. The summed E-state index contributed by atoms with van der Waals surface area (Å²) in [7, 11) is -1.17. The molecule has 2 aliphatic carbocycles. The van der Waals surface area contributed by atoms with Crippen LogP contribution in [0.2, 0.25) is 0 Å². The number of rotatable bonds is 10. The van der Waals surface area contributed by atoms with E-state index < -0.39 is 10.0 Å². The topological polar surface area (TPSA) is 6.48 Å². The number of hydrogen-bond donors (Lipinski definition) is 0. The quantitative estimate of drug-likeness (QED) is 0.126. The van der Waals surface area contributed by atoms with Crippen LogP contribution in [0.5, 0.6) is 0 Å². The van der Waals surface area contributed by atoms with Crippen LogP contribution < -0.4 is 9.80 Å². The Morgan fingerprint density at radius 2 is 0.590 bits per heavy atom. The molecule has 0 saturated carbocycles. The molecule has 0 radical (unpaired) electrons. The molecule has 13 rings (SSSR count). The van der Waals surface area contributed by atoms with E-state index in [0.717, 1.165) is 22.7 Å². The minimum absolute atomic E-state index is 0.0868. The van der Waals surface area contributed by atoms with Crippen molar-refractivity contribution in [1.82, 2.24) is 0 Å². The Balaban J connectivity index is 0.748. The van der Waals surface area contributed by atoms with Gasteiger partial charge in [0.25, 0.3) is 0 Å². The van der Waals surface area contributed by atoms with Gasteiger partial charge in [-0.05, 0) is 209 Å². The number of hydrogen-bond acceptors (Lipinski definition) is 2. The molecule has 0 fully saturated rings. The maximum absolute atomic E-state index is 2.45. The van der Waals surface area contributed by atoms with Gasteiger partial charge in [0.1, 0.15) is 0 Å². The second-order valence-electron chi connectivity index (χ2n) is 26.8. The molecule has 10 aromatic rings. The second-order valence-corrected chi connectivity index (χ2v) is 30.3. The van der Waals surface area contributed by atoms with Crippen molar-refractivity contribution in [2.24, 2.45) is 0 Å². The first kappa shape index (κ1) is 53.9. The monoisotopic (exact) mass is 1100 g/mol. The highest BCUT2D eigenvalue weighted by Gasteiger charge is 2.38. The lowest BCUT2D eigenvalue weighted by Crippen LogP contribution is -2.17. The maximum Gasteiger partial charge on any atom is 0.0465 e. The van der Waals surface area contributed by atoms with Crippen LogP contribution in [0.3, 0.4) is 0 Å². The first-order chi connectivity index (χ1) is 39.6. The minimum Gasteiger partial charge on any atom is -0.310 e. The number of anilines is 6. The maximum atomic E-state index is 2.45. The molecule has 1 heterocycles. The van der Waals surface area contributed by atoms with Gasteiger partial charge in [-0.25, -0.2) is 0 Å². The van der Waals surface area contributed by atoms with Crippen LogP contribution in [0.25, 0.3) is 57.7 Å². The highest BCUT2D eigenvalue weighted by molar-refractivity contribution is 8.33. The summed E-state index contributed by atoms with van der Waals surface area (Å²) in [4.78, 5) is 7.71. The molecule has 0 aromatic heterocycles. The van der Waals surface area contributed by atoms with Gasteiger partial charge in [-0.3, -0.25) is 0 Å². The average Bonchev–Trinajstić information content (AvgIpc) is 1.86. The fourth-order valence-corrected chi connectivity index (χ4v) is 15.8. The molecule has 0 unspecified atom stereocenters. The summed E-state index contributed by atoms with van der Waals surface area (Å²) in [5.74, 6) is 0. The van der Waals surface area contributed by atoms with Gasteiger partial charge >= 0.3 is 0 Å². The molecule has 0 bridgehead atoms. The molecule has 0 atom stereocenters. The van der Waals surface area contributed by atoms with Crippen molar-refractivity contribution < 1.29 is 0 Å². The zero-order chi connectivity index (χ0) is 57.8. The zero-order valence-electron chi connectivity index (χ0n) is 50.4.